The molecule has 0 spiro atoms. The molecule has 0 aliphatic carbocycles. The predicted molar refractivity (Wildman–Crippen MR) is 106 cm³/mol. The average molecular weight is 356 g/mol. The maximum Gasteiger partial charge on any atom is 0.119 e. The van der Waals surface area contributed by atoms with Crippen molar-refractivity contribution in [2.24, 2.45) is 0 Å². The molecule has 24 heavy (non-hydrogen) atoms. The van der Waals surface area contributed by atoms with Gasteiger partial charge in [-0.1, -0.05) is 26.2 Å². The third-order valence-corrected chi connectivity index (χ3v) is 6.17. The van der Waals surface area contributed by atoms with E-state index in [9.17, 15) is 0 Å². The normalized spacial score (nSPS) is 11.5. The van der Waals surface area contributed by atoms with Crippen molar-refractivity contribution in [1.82, 2.24) is 4.57 Å². The lowest BCUT2D eigenvalue weighted by atomic mass is 10.2. The molecule has 4 rings (SSSR count). The molecule has 0 fully saturated rings. The number of hydrogen-bond acceptors (Lipinski definition) is 3. The number of thiophene rings is 2. The van der Waals surface area contributed by atoms with Crippen LogP contribution in [0.25, 0.3) is 26.1 Å². The minimum absolute atomic E-state index is 0.812. The minimum Gasteiger partial charge on any atom is -0.494 e. The summed E-state index contributed by atoms with van der Waals surface area (Å²) in [5.41, 5.74) is 2.50. The van der Waals surface area contributed by atoms with Crippen LogP contribution in [0.15, 0.2) is 47.2 Å². The lowest BCUT2D eigenvalue weighted by Crippen LogP contribution is -1.98. The summed E-state index contributed by atoms with van der Waals surface area (Å²) in [6, 6.07) is 12.9. The van der Waals surface area contributed by atoms with E-state index in [-0.39, 0.29) is 0 Å². The first-order chi connectivity index (χ1) is 11.9. The van der Waals surface area contributed by atoms with Crippen LogP contribution in [-0.4, -0.2) is 11.2 Å². The molecule has 0 aliphatic rings. The van der Waals surface area contributed by atoms with Gasteiger partial charge in [0.1, 0.15) is 10.6 Å². The first-order valence-electron chi connectivity index (χ1n) is 8.57. The maximum atomic E-state index is 5.87. The summed E-state index contributed by atoms with van der Waals surface area (Å²) in [5.74, 6) is 0.964. The van der Waals surface area contributed by atoms with Crippen molar-refractivity contribution in [1.29, 1.82) is 0 Å². The molecule has 124 valence electrons. The molecule has 0 atom stereocenters. The summed E-state index contributed by atoms with van der Waals surface area (Å²) in [6.07, 6.45) is 4.95. The zero-order valence-electron chi connectivity index (χ0n) is 13.8. The van der Waals surface area contributed by atoms with Gasteiger partial charge in [-0.25, -0.2) is 0 Å². The Kier molecular flexibility index (Phi) is 4.58. The summed E-state index contributed by atoms with van der Waals surface area (Å²) in [7, 11) is 0. The Balaban J connectivity index is 1.56. The molecule has 4 aromatic rings. The van der Waals surface area contributed by atoms with E-state index in [0.29, 0.717) is 0 Å². The van der Waals surface area contributed by atoms with Gasteiger partial charge in [-0.05, 0) is 53.6 Å². The Hall–Kier alpha value is -1.78. The highest BCUT2D eigenvalue weighted by Crippen LogP contribution is 2.38. The summed E-state index contributed by atoms with van der Waals surface area (Å²) in [4.78, 5) is 1.32. The molecule has 3 heterocycles. The number of nitrogens with zero attached hydrogens (tertiary/aromatic N) is 1. The highest BCUT2D eigenvalue weighted by Gasteiger charge is 2.14. The molecule has 2 nitrogen and oxygen atoms in total. The first-order valence-corrected chi connectivity index (χ1v) is 10.3. The number of rotatable bonds is 7. The second-order valence-electron chi connectivity index (χ2n) is 6.01. The summed E-state index contributed by atoms with van der Waals surface area (Å²) < 4.78 is 9.60. The lowest BCUT2D eigenvalue weighted by Gasteiger charge is -2.09. The molecule has 0 bridgehead atoms. The molecule has 0 aliphatic heterocycles. The number of aromatic nitrogens is 1. The maximum absolute atomic E-state index is 5.87. The Morgan fingerprint density at radius 2 is 1.75 bits per heavy atom. The van der Waals surface area contributed by atoms with Crippen molar-refractivity contribution in [3.8, 4) is 11.4 Å². The topological polar surface area (TPSA) is 14.2 Å². The van der Waals surface area contributed by atoms with Crippen LogP contribution in [0.3, 0.4) is 0 Å². The van der Waals surface area contributed by atoms with Crippen LogP contribution in [0.4, 0.5) is 0 Å². The van der Waals surface area contributed by atoms with Gasteiger partial charge in [-0.15, -0.1) is 22.7 Å². The van der Waals surface area contributed by atoms with E-state index < -0.39 is 0 Å². The summed E-state index contributed by atoms with van der Waals surface area (Å²) >= 11 is 3.62. The zero-order valence-corrected chi connectivity index (χ0v) is 15.5. The summed E-state index contributed by atoms with van der Waals surface area (Å²) in [6.45, 7) is 3.04. The molecular formula is C20H21NOS2. The molecule has 0 radical (unpaired) electrons. The Morgan fingerprint density at radius 3 is 2.58 bits per heavy atom. The molecule has 4 heteroatoms. The Bertz CT molecular complexity index is 882. The summed E-state index contributed by atoms with van der Waals surface area (Å²) in [5, 5.41) is 5.71. The van der Waals surface area contributed by atoms with Crippen molar-refractivity contribution in [3.05, 3.63) is 47.2 Å². The van der Waals surface area contributed by atoms with E-state index >= 15 is 0 Å². The number of fused-ring (bicyclic) bond motifs is 3. The quantitative estimate of drug-likeness (QED) is 0.330. The van der Waals surface area contributed by atoms with Crippen LogP contribution < -0.4 is 4.74 Å². The minimum atomic E-state index is 0.812. The lowest BCUT2D eigenvalue weighted by molar-refractivity contribution is 0.305. The van der Waals surface area contributed by atoms with E-state index in [1.165, 1.54) is 45.4 Å². The van der Waals surface area contributed by atoms with Crippen LogP contribution in [0, 0.1) is 0 Å². The second-order valence-corrected chi connectivity index (χ2v) is 7.82. The van der Waals surface area contributed by atoms with Gasteiger partial charge < -0.3 is 4.74 Å². The van der Waals surface area contributed by atoms with Gasteiger partial charge in [0.25, 0.3) is 0 Å². The van der Waals surface area contributed by atoms with Crippen molar-refractivity contribution >= 4 is 43.1 Å². The fourth-order valence-electron chi connectivity index (χ4n) is 3.10. The molecular weight excluding hydrogens is 334 g/mol. The standard InChI is InChI=1S/C20H21NOS2/c1-2-3-4-5-12-22-16-8-6-15(7-9-16)21-18-11-14-23-19(18)17-10-13-24-20(17)21/h6-11,13-14H,2-5,12H2,1H3. The van der Waals surface area contributed by atoms with Gasteiger partial charge >= 0.3 is 0 Å². The highest BCUT2D eigenvalue weighted by molar-refractivity contribution is 7.21. The van der Waals surface area contributed by atoms with Gasteiger partial charge in [-0.2, -0.15) is 0 Å². The molecule has 1 aromatic carbocycles. The van der Waals surface area contributed by atoms with Crippen molar-refractivity contribution in [2.45, 2.75) is 32.6 Å². The predicted octanol–water partition coefficient (Wildman–Crippen LogP) is 6.87. The van der Waals surface area contributed by atoms with E-state index in [0.717, 1.165) is 18.8 Å². The molecule has 3 aromatic heterocycles. The van der Waals surface area contributed by atoms with Gasteiger partial charge in [0.15, 0.2) is 0 Å². The molecule has 0 N–H and O–H groups in total. The van der Waals surface area contributed by atoms with E-state index in [1.54, 1.807) is 11.3 Å². The molecule has 0 amide bonds. The number of hydrogen-bond donors (Lipinski definition) is 0. The Labute approximate surface area is 150 Å². The number of ether oxygens (including phenoxy) is 1. The monoisotopic (exact) mass is 355 g/mol. The van der Waals surface area contributed by atoms with E-state index in [2.05, 4.69) is 58.6 Å². The fraction of sp³-hybridized carbons (Fsp3) is 0.300. The van der Waals surface area contributed by atoms with Crippen molar-refractivity contribution in [2.75, 3.05) is 6.61 Å². The third kappa shape index (κ3) is 2.85. The van der Waals surface area contributed by atoms with Crippen LogP contribution in [0.5, 0.6) is 5.75 Å². The molecule has 0 unspecified atom stereocenters. The molecule has 0 saturated carbocycles. The first kappa shape index (κ1) is 15.7. The SMILES string of the molecule is CCCCCCOc1ccc(-n2c3ccsc3c3ccsc32)cc1. The van der Waals surface area contributed by atoms with Crippen molar-refractivity contribution < 1.29 is 4.74 Å². The number of unbranched alkanes of at least 4 members (excludes halogenated alkanes) is 3. The van der Waals surface area contributed by atoms with Gasteiger partial charge in [-0.3, -0.25) is 4.57 Å². The Morgan fingerprint density at radius 1 is 0.917 bits per heavy atom. The second kappa shape index (κ2) is 6.99. The highest BCUT2D eigenvalue weighted by atomic mass is 32.1. The number of benzene rings is 1. The van der Waals surface area contributed by atoms with Crippen molar-refractivity contribution in [3.63, 3.8) is 0 Å². The smallest absolute Gasteiger partial charge is 0.119 e. The fourth-order valence-corrected chi connectivity index (χ4v) is 5.01. The largest absolute Gasteiger partial charge is 0.494 e. The van der Waals surface area contributed by atoms with Crippen LogP contribution >= 0.6 is 22.7 Å². The van der Waals surface area contributed by atoms with Crippen LogP contribution in [0.2, 0.25) is 0 Å². The van der Waals surface area contributed by atoms with Gasteiger partial charge in [0.05, 0.1) is 16.8 Å². The zero-order chi connectivity index (χ0) is 16.4. The van der Waals surface area contributed by atoms with E-state index in [1.807, 2.05) is 11.3 Å². The van der Waals surface area contributed by atoms with Crippen LogP contribution in [-0.2, 0) is 0 Å². The van der Waals surface area contributed by atoms with Gasteiger partial charge in [0, 0.05) is 11.1 Å². The van der Waals surface area contributed by atoms with Crippen LogP contribution in [0.1, 0.15) is 32.6 Å². The molecule has 0 saturated heterocycles. The van der Waals surface area contributed by atoms with Gasteiger partial charge in [0.2, 0.25) is 0 Å². The van der Waals surface area contributed by atoms with E-state index in [4.69, 9.17) is 4.74 Å². The average Bonchev–Trinajstić information content (AvgIpc) is 3.29. The third-order valence-electron chi connectivity index (χ3n) is 4.34.